The maximum atomic E-state index is 12.4. The molecule has 0 spiro atoms. The predicted molar refractivity (Wildman–Crippen MR) is 116 cm³/mol. The van der Waals surface area contributed by atoms with Crippen molar-refractivity contribution in [2.24, 2.45) is 0 Å². The van der Waals surface area contributed by atoms with E-state index in [1.807, 2.05) is 11.0 Å². The Morgan fingerprint density at radius 2 is 1.71 bits per heavy atom. The second-order valence-corrected chi connectivity index (χ2v) is 7.41. The molecule has 2 aromatic rings. The van der Waals surface area contributed by atoms with E-state index in [0.717, 1.165) is 45.8 Å². The fourth-order valence-electron chi connectivity index (χ4n) is 3.37. The minimum absolute atomic E-state index is 0.260. The number of aryl methyl sites for hydroxylation is 1. The van der Waals surface area contributed by atoms with Gasteiger partial charge in [-0.2, -0.15) is 0 Å². The zero-order valence-corrected chi connectivity index (χ0v) is 16.8. The number of nitrogens with one attached hydrogen (secondary N) is 1. The molecule has 0 aromatic heterocycles. The van der Waals surface area contributed by atoms with Crippen molar-refractivity contribution in [3.05, 3.63) is 77.4 Å². The lowest BCUT2D eigenvalue weighted by molar-refractivity contribution is -0.132. The Bertz CT molecular complexity index is 747. The van der Waals surface area contributed by atoms with Crippen LogP contribution in [0.2, 0.25) is 0 Å². The molecule has 148 valence electrons. The van der Waals surface area contributed by atoms with Gasteiger partial charge in [-0.1, -0.05) is 72.3 Å². The van der Waals surface area contributed by atoms with Crippen molar-refractivity contribution in [3.63, 3.8) is 0 Å². The van der Waals surface area contributed by atoms with E-state index >= 15 is 0 Å². The van der Waals surface area contributed by atoms with Crippen molar-refractivity contribution in [1.82, 2.24) is 15.1 Å². The smallest absolute Gasteiger partial charge is 0.223 e. The first-order valence-electron chi connectivity index (χ1n) is 10.2. The van der Waals surface area contributed by atoms with Crippen LogP contribution in [0.4, 0.5) is 0 Å². The molecule has 3 rings (SSSR count). The average molecular weight is 378 g/mol. The minimum atomic E-state index is 0.260. The highest BCUT2D eigenvalue weighted by Crippen LogP contribution is 2.06. The van der Waals surface area contributed by atoms with Gasteiger partial charge in [-0.15, -0.1) is 0 Å². The van der Waals surface area contributed by atoms with Gasteiger partial charge in [0.25, 0.3) is 0 Å². The van der Waals surface area contributed by atoms with Crippen molar-refractivity contribution in [2.75, 3.05) is 39.3 Å². The maximum absolute atomic E-state index is 12.4. The summed E-state index contributed by atoms with van der Waals surface area (Å²) >= 11 is 0. The van der Waals surface area contributed by atoms with E-state index < -0.39 is 0 Å². The summed E-state index contributed by atoms with van der Waals surface area (Å²) in [5.41, 5.74) is 3.76. The van der Waals surface area contributed by atoms with Crippen molar-refractivity contribution in [3.8, 4) is 0 Å². The number of amides is 1. The number of hydrogen-bond acceptors (Lipinski definition) is 3. The van der Waals surface area contributed by atoms with Crippen molar-refractivity contribution >= 4 is 12.0 Å². The zero-order chi connectivity index (χ0) is 19.6. The number of benzene rings is 2. The Morgan fingerprint density at radius 3 is 2.43 bits per heavy atom. The number of carbonyl (C=O) groups is 1. The van der Waals surface area contributed by atoms with E-state index in [1.165, 1.54) is 16.7 Å². The van der Waals surface area contributed by atoms with Gasteiger partial charge >= 0.3 is 0 Å². The minimum Gasteiger partial charge on any atom is -0.340 e. The number of rotatable bonds is 8. The Kier molecular flexibility index (Phi) is 7.82. The first-order valence-corrected chi connectivity index (χ1v) is 10.2. The summed E-state index contributed by atoms with van der Waals surface area (Å²) in [5.74, 6) is 0.260. The zero-order valence-electron chi connectivity index (χ0n) is 16.8. The summed E-state index contributed by atoms with van der Waals surface area (Å²) < 4.78 is 0. The summed E-state index contributed by atoms with van der Waals surface area (Å²) in [5, 5.41) is 3.38. The van der Waals surface area contributed by atoms with Gasteiger partial charge in [0, 0.05) is 52.2 Å². The molecular formula is C24H31N3O. The monoisotopic (exact) mass is 377 g/mol. The third-order valence-corrected chi connectivity index (χ3v) is 5.16. The van der Waals surface area contributed by atoms with Gasteiger partial charge in [0.2, 0.25) is 5.91 Å². The molecule has 0 aliphatic carbocycles. The van der Waals surface area contributed by atoms with Crippen LogP contribution in [0.25, 0.3) is 6.08 Å². The molecule has 1 aliphatic heterocycles. The lowest BCUT2D eigenvalue weighted by Gasteiger charge is -2.34. The molecule has 1 fully saturated rings. The van der Waals surface area contributed by atoms with Gasteiger partial charge in [-0.05, 0) is 18.1 Å². The molecule has 0 radical (unpaired) electrons. The first-order chi connectivity index (χ1) is 13.7. The summed E-state index contributed by atoms with van der Waals surface area (Å²) in [6, 6.07) is 18.9. The molecular weight excluding hydrogens is 346 g/mol. The molecule has 0 bridgehead atoms. The van der Waals surface area contributed by atoms with Crippen molar-refractivity contribution < 1.29 is 4.79 Å². The summed E-state index contributed by atoms with van der Waals surface area (Å²) in [6.45, 7) is 8.13. The topological polar surface area (TPSA) is 35.6 Å². The molecule has 4 heteroatoms. The van der Waals surface area contributed by atoms with Gasteiger partial charge in [0.05, 0.1) is 0 Å². The van der Waals surface area contributed by atoms with Crippen LogP contribution >= 0.6 is 0 Å². The summed E-state index contributed by atoms with van der Waals surface area (Å²) in [6.07, 6.45) is 4.94. The first kappa shape index (κ1) is 20.3. The predicted octanol–water partition coefficient (Wildman–Crippen LogP) is 3.33. The molecule has 4 nitrogen and oxygen atoms in total. The van der Waals surface area contributed by atoms with Crippen LogP contribution in [0.3, 0.4) is 0 Å². The molecule has 0 unspecified atom stereocenters. The second-order valence-electron chi connectivity index (χ2n) is 7.41. The fourth-order valence-corrected chi connectivity index (χ4v) is 3.37. The van der Waals surface area contributed by atoms with Crippen LogP contribution in [-0.2, 0) is 11.3 Å². The lowest BCUT2D eigenvalue weighted by Crippen LogP contribution is -2.49. The van der Waals surface area contributed by atoms with Crippen LogP contribution < -0.4 is 5.32 Å². The molecule has 0 saturated carbocycles. The Morgan fingerprint density at radius 1 is 1.00 bits per heavy atom. The quantitative estimate of drug-likeness (QED) is 0.717. The van der Waals surface area contributed by atoms with E-state index in [9.17, 15) is 4.79 Å². The molecule has 1 saturated heterocycles. The van der Waals surface area contributed by atoms with Crippen molar-refractivity contribution in [1.29, 1.82) is 0 Å². The highest BCUT2D eigenvalue weighted by atomic mass is 16.2. The highest BCUT2D eigenvalue weighted by Gasteiger charge is 2.19. The highest BCUT2D eigenvalue weighted by molar-refractivity contribution is 5.76. The van der Waals surface area contributed by atoms with E-state index in [-0.39, 0.29) is 5.91 Å². The van der Waals surface area contributed by atoms with Crippen LogP contribution in [-0.4, -0.2) is 55.0 Å². The molecule has 1 N–H and O–H groups in total. The van der Waals surface area contributed by atoms with E-state index in [4.69, 9.17) is 0 Å². The molecule has 28 heavy (non-hydrogen) atoms. The van der Waals surface area contributed by atoms with Crippen LogP contribution in [0, 0.1) is 6.92 Å². The molecule has 1 amide bonds. The van der Waals surface area contributed by atoms with E-state index in [0.29, 0.717) is 6.42 Å². The summed E-state index contributed by atoms with van der Waals surface area (Å²) in [4.78, 5) is 16.8. The molecule has 2 aromatic carbocycles. The normalized spacial score (nSPS) is 15.2. The van der Waals surface area contributed by atoms with Gasteiger partial charge in [0.1, 0.15) is 0 Å². The number of carbonyl (C=O) groups excluding carboxylic acids is 1. The maximum Gasteiger partial charge on any atom is 0.223 e. The molecule has 1 aliphatic rings. The van der Waals surface area contributed by atoms with Crippen molar-refractivity contribution in [2.45, 2.75) is 19.9 Å². The Balaban J connectivity index is 1.30. The Hall–Kier alpha value is -2.43. The van der Waals surface area contributed by atoms with Gasteiger partial charge in [0.15, 0.2) is 0 Å². The number of hydrogen-bond donors (Lipinski definition) is 1. The average Bonchev–Trinajstić information content (AvgIpc) is 2.73. The standard InChI is InChI=1S/C24H31N3O/c1-21-9-11-23(12-10-21)20-25-14-13-24(28)27-18-16-26(17-19-27)15-5-8-22-6-3-2-4-7-22/h2-12,25H,13-20H2,1H3/b8-5+. The molecule has 0 atom stereocenters. The van der Waals surface area contributed by atoms with Crippen LogP contribution in [0.1, 0.15) is 23.1 Å². The fraction of sp³-hybridized carbons (Fsp3) is 0.375. The lowest BCUT2D eigenvalue weighted by atomic mass is 10.1. The summed E-state index contributed by atoms with van der Waals surface area (Å²) in [7, 11) is 0. The third-order valence-electron chi connectivity index (χ3n) is 5.16. The van der Waals surface area contributed by atoms with Gasteiger partial charge < -0.3 is 10.2 Å². The molecule has 1 heterocycles. The third kappa shape index (κ3) is 6.63. The van der Waals surface area contributed by atoms with E-state index in [2.05, 4.69) is 77.8 Å². The SMILES string of the molecule is Cc1ccc(CNCCC(=O)N2CCN(C/C=C/c3ccccc3)CC2)cc1. The number of nitrogens with zero attached hydrogens (tertiary/aromatic N) is 2. The van der Waals surface area contributed by atoms with E-state index in [1.54, 1.807) is 0 Å². The van der Waals surface area contributed by atoms with Gasteiger partial charge in [-0.3, -0.25) is 9.69 Å². The second kappa shape index (κ2) is 10.8. The number of piperazine rings is 1. The Labute approximate surface area is 168 Å². The largest absolute Gasteiger partial charge is 0.340 e. The van der Waals surface area contributed by atoms with Crippen LogP contribution in [0.5, 0.6) is 0 Å². The van der Waals surface area contributed by atoms with Gasteiger partial charge in [-0.25, -0.2) is 0 Å². The van der Waals surface area contributed by atoms with Crippen LogP contribution in [0.15, 0.2) is 60.7 Å².